The molecule has 2 heterocycles. The molecule has 4 rings (SSSR count). The first-order valence-corrected chi connectivity index (χ1v) is 7.44. The van der Waals surface area contributed by atoms with Gasteiger partial charge in [0.1, 0.15) is 23.0 Å². The van der Waals surface area contributed by atoms with Crippen molar-refractivity contribution in [2.24, 2.45) is 10.7 Å². The fourth-order valence-corrected chi connectivity index (χ4v) is 3.27. The highest BCUT2D eigenvalue weighted by Gasteiger charge is 2.43. The van der Waals surface area contributed by atoms with Gasteiger partial charge < -0.3 is 5.73 Å². The maximum atomic E-state index is 14.3. The Labute approximate surface area is 137 Å². The highest BCUT2D eigenvalue weighted by Crippen LogP contribution is 2.46. The predicted molar refractivity (Wildman–Crippen MR) is 87.6 cm³/mol. The third-order valence-corrected chi connectivity index (χ3v) is 4.31. The van der Waals surface area contributed by atoms with Gasteiger partial charge in [0.25, 0.3) is 0 Å². The van der Waals surface area contributed by atoms with Crippen LogP contribution in [0.5, 0.6) is 0 Å². The van der Waals surface area contributed by atoms with Gasteiger partial charge in [-0.3, -0.25) is 4.98 Å². The number of pyridine rings is 1. The minimum absolute atomic E-state index is 0.129. The van der Waals surface area contributed by atoms with Crippen molar-refractivity contribution < 1.29 is 8.78 Å². The summed E-state index contributed by atoms with van der Waals surface area (Å²) in [5, 5.41) is 0. The van der Waals surface area contributed by atoms with Gasteiger partial charge in [-0.15, -0.1) is 0 Å². The summed E-state index contributed by atoms with van der Waals surface area (Å²) in [4.78, 5) is 8.66. The third kappa shape index (κ3) is 1.94. The highest BCUT2D eigenvalue weighted by molar-refractivity contribution is 6.03. The number of aliphatic imine (C=N–C) groups is 1. The fourth-order valence-electron chi connectivity index (χ4n) is 3.27. The monoisotopic (exact) mass is 321 g/mol. The summed E-state index contributed by atoms with van der Waals surface area (Å²) in [7, 11) is 0. The maximum Gasteiger partial charge on any atom is 0.139 e. The molecule has 0 amide bonds. The Balaban J connectivity index is 2.09. The topological polar surface area (TPSA) is 51.3 Å². The Morgan fingerprint density at radius 2 is 1.50 bits per heavy atom. The van der Waals surface area contributed by atoms with Crippen LogP contribution in [0.2, 0.25) is 0 Å². The van der Waals surface area contributed by atoms with Crippen LogP contribution in [0, 0.1) is 11.6 Å². The quantitative estimate of drug-likeness (QED) is 0.787. The molecular weight excluding hydrogens is 308 g/mol. The second-order valence-electron chi connectivity index (χ2n) is 5.61. The zero-order valence-electron chi connectivity index (χ0n) is 12.6. The van der Waals surface area contributed by atoms with E-state index in [1.807, 2.05) is 0 Å². The maximum absolute atomic E-state index is 14.3. The second kappa shape index (κ2) is 5.23. The number of rotatable bonds is 2. The van der Waals surface area contributed by atoms with Crippen molar-refractivity contribution in [1.82, 2.24) is 4.98 Å². The summed E-state index contributed by atoms with van der Waals surface area (Å²) in [6.45, 7) is 0. The first kappa shape index (κ1) is 14.5. The van der Waals surface area contributed by atoms with Crippen LogP contribution < -0.4 is 5.73 Å². The SMILES string of the molecule is NC1=NC(c2ccncc2)(c2ccc(F)cc2)c2cccc(F)c21. The largest absolute Gasteiger partial charge is 0.383 e. The van der Waals surface area contributed by atoms with Gasteiger partial charge in [0.2, 0.25) is 0 Å². The summed E-state index contributed by atoms with van der Waals surface area (Å²) in [5.74, 6) is -0.644. The van der Waals surface area contributed by atoms with Crippen molar-refractivity contribution in [2.75, 3.05) is 0 Å². The highest BCUT2D eigenvalue weighted by atomic mass is 19.1. The zero-order valence-corrected chi connectivity index (χ0v) is 12.6. The molecule has 5 heteroatoms. The molecule has 24 heavy (non-hydrogen) atoms. The van der Waals surface area contributed by atoms with Gasteiger partial charge in [-0.05, 0) is 41.5 Å². The molecule has 1 aliphatic rings. The van der Waals surface area contributed by atoms with Crippen LogP contribution in [0.15, 0.2) is 72.0 Å². The molecule has 0 saturated carbocycles. The Morgan fingerprint density at radius 3 is 2.21 bits per heavy atom. The first-order valence-electron chi connectivity index (χ1n) is 7.44. The van der Waals surface area contributed by atoms with E-state index in [1.165, 1.54) is 18.2 Å². The van der Waals surface area contributed by atoms with Crippen molar-refractivity contribution in [1.29, 1.82) is 0 Å². The number of fused-ring (bicyclic) bond motifs is 1. The first-order chi connectivity index (χ1) is 11.6. The Bertz CT molecular complexity index is 937. The molecule has 1 atom stereocenters. The van der Waals surface area contributed by atoms with Gasteiger partial charge in [0.15, 0.2) is 0 Å². The number of nitrogens with zero attached hydrogens (tertiary/aromatic N) is 2. The molecule has 0 bridgehead atoms. The fraction of sp³-hybridized carbons (Fsp3) is 0.0526. The summed E-state index contributed by atoms with van der Waals surface area (Å²) in [5.41, 5.74) is 7.46. The Hall–Kier alpha value is -3.08. The van der Waals surface area contributed by atoms with E-state index in [1.54, 1.807) is 48.8 Å². The molecule has 1 aromatic heterocycles. The molecule has 1 aliphatic heterocycles. The normalized spacial score (nSPS) is 19.0. The van der Waals surface area contributed by atoms with E-state index in [9.17, 15) is 8.78 Å². The number of amidine groups is 1. The van der Waals surface area contributed by atoms with Crippen LogP contribution in [0.25, 0.3) is 0 Å². The van der Waals surface area contributed by atoms with Crippen molar-refractivity contribution in [3.63, 3.8) is 0 Å². The lowest BCUT2D eigenvalue weighted by Crippen LogP contribution is -2.25. The molecule has 0 radical (unpaired) electrons. The summed E-state index contributed by atoms with van der Waals surface area (Å²) < 4.78 is 27.8. The molecule has 0 saturated heterocycles. The van der Waals surface area contributed by atoms with Crippen LogP contribution in [-0.4, -0.2) is 10.8 Å². The Morgan fingerprint density at radius 1 is 0.833 bits per heavy atom. The molecular formula is C19H13F2N3. The number of benzene rings is 2. The molecule has 3 aromatic rings. The standard InChI is InChI=1S/C19H13F2N3/c20-14-6-4-12(5-7-14)19(13-8-10-23-11-9-13)15-2-1-3-16(21)17(15)18(22)24-19/h1-11H,(H2,22,24). The van der Waals surface area contributed by atoms with Crippen molar-refractivity contribution in [3.8, 4) is 0 Å². The van der Waals surface area contributed by atoms with Crippen LogP contribution in [0.4, 0.5) is 8.78 Å². The van der Waals surface area contributed by atoms with E-state index in [4.69, 9.17) is 5.73 Å². The third-order valence-electron chi connectivity index (χ3n) is 4.31. The average Bonchev–Trinajstić information content (AvgIpc) is 2.91. The lowest BCUT2D eigenvalue weighted by atomic mass is 9.78. The van der Waals surface area contributed by atoms with E-state index in [0.29, 0.717) is 16.7 Å². The zero-order chi connectivity index (χ0) is 16.7. The van der Waals surface area contributed by atoms with Crippen molar-refractivity contribution >= 4 is 5.84 Å². The smallest absolute Gasteiger partial charge is 0.139 e. The average molecular weight is 321 g/mol. The van der Waals surface area contributed by atoms with E-state index < -0.39 is 11.4 Å². The van der Waals surface area contributed by atoms with Gasteiger partial charge in [0.05, 0.1) is 5.56 Å². The lowest BCUT2D eigenvalue weighted by molar-refractivity contribution is 0.610. The molecule has 2 N–H and O–H groups in total. The van der Waals surface area contributed by atoms with Crippen LogP contribution in [0.3, 0.4) is 0 Å². The number of hydrogen-bond acceptors (Lipinski definition) is 3. The number of hydrogen-bond donors (Lipinski definition) is 1. The van der Waals surface area contributed by atoms with Gasteiger partial charge >= 0.3 is 0 Å². The van der Waals surface area contributed by atoms with Crippen LogP contribution in [0.1, 0.15) is 22.3 Å². The van der Waals surface area contributed by atoms with Gasteiger partial charge in [-0.2, -0.15) is 0 Å². The molecule has 1 unspecified atom stereocenters. The summed E-state index contributed by atoms with van der Waals surface area (Å²) in [6.07, 6.45) is 3.28. The number of aromatic nitrogens is 1. The summed E-state index contributed by atoms with van der Waals surface area (Å²) >= 11 is 0. The van der Waals surface area contributed by atoms with E-state index >= 15 is 0 Å². The van der Waals surface area contributed by atoms with Crippen LogP contribution in [-0.2, 0) is 5.54 Å². The van der Waals surface area contributed by atoms with E-state index in [0.717, 1.165) is 5.56 Å². The minimum Gasteiger partial charge on any atom is -0.383 e. The minimum atomic E-state index is -1.02. The van der Waals surface area contributed by atoms with Gasteiger partial charge in [-0.25, -0.2) is 13.8 Å². The van der Waals surface area contributed by atoms with Gasteiger partial charge in [0, 0.05) is 18.0 Å². The lowest BCUT2D eigenvalue weighted by Gasteiger charge is -2.29. The van der Waals surface area contributed by atoms with Crippen LogP contribution >= 0.6 is 0 Å². The predicted octanol–water partition coefficient (Wildman–Crippen LogP) is 3.37. The number of nitrogens with two attached hydrogens (primary N) is 1. The molecule has 118 valence electrons. The summed E-state index contributed by atoms with van der Waals surface area (Å²) in [6, 6.07) is 14.4. The van der Waals surface area contributed by atoms with Gasteiger partial charge in [-0.1, -0.05) is 24.3 Å². The van der Waals surface area contributed by atoms with E-state index in [2.05, 4.69) is 9.98 Å². The van der Waals surface area contributed by atoms with Crippen molar-refractivity contribution in [2.45, 2.75) is 5.54 Å². The van der Waals surface area contributed by atoms with Crippen molar-refractivity contribution in [3.05, 3.63) is 101 Å². The number of halogens is 2. The molecule has 2 aromatic carbocycles. The molecule has 3 nitrogen and oxygen atoms in total. The molecule has 0 spiro atoms. The van der Waals surface area contributed by atoms with E-state index in [-0.39, 0.29) is 11.7 Å². The molecule has 0 aliphatic carbocycles. The second-order valence-corrected chi connectivity index (χ2v) is 5.61. The molecule has 0 fully saturated rings. The Kier molecular flexibility index (Phi) is 3.16.